The van der Waals surface area contributed by atoms with Gasteiger partial charge >= 0.3 is 12.0 Å². The second-order valence-corrected chi connectivity index (χ2v) is 7.89. The first-order valence-corrected chi connectivity index (χ1v) is 10.0. The maximum atomic E-state index is 12.0. The molecule has 0 aromatic carbocycles. The highest BCUT2D eigenvalue weighted by molar-refractivity contribution is 5.95. The van der Waals surface area contributed by atoms with Crippen molar-refractivity contribution in [1.29, 1.82) is 0 Å². The van der Waals surface area contributed by atoms with Gasteiger partial charge in [0.25, 0.3) is 5.91 Å². The van der Waals surface area contributed by atoms with Gasteiger partial charge in [-0.15, -0.1) is 0 Å². The Kier molecular flexibility index (Phi) is 8.02. The summed E-state index contributed by atoms with van der Waals surface area (Å²) in [5.41, 5.74) is 3.01. The molecule has 1 saturated carbocycles. The van der Waals surface area contributed by atoms with E-state index in [2.05, 4.69) is 29.6 Å². The van der Waals surface area contributed by atoms with E-state index in [4.69, 9.17) is 4.74 Å². The second-order valence-electron chi connectivity index (χ2n) is 7.89. The van der Waals surface area contributed by atoms with Crippen LogP contribution in [0.15, 0.2) is 0 Å². The maximum Gasteiger partial charge on any atom is 0.321 e. The Balaban J connectivity index is 1.71. The molecule has 156 valence electrons. The standard InChI is InChI=1S/C20H32N4O4/c1-13(2)11-24-15(4)17(14(3)23-24)9-10-19(26)28-12-18(25)22-20(27)21-16-7-5-6-8-16/h13,16H,5-12H2,1-4H3,(H2,21,22,25,27). The highest BCUT2D eigenvalue weighted by Crippen LogP contribution is 2.18. The topological polar surface area (TPSA) is 102 Å². The Morgan fingerprint density at radius 2 is 1.89 bits per heavy atom. The van der Waals surface area contributed by atoms with E-state index in [1.165, 1.54) is 0 Å². The van der Waals surface area contributed by atoms with Gasteiger partial charge in [0, 0.05) is 24.7 Å². The van der Waals surface area contributed by atoms with Gasteiger partial charge in [0.15, 0.2) is 6.61 Å². The molecule has 28 heavy (non-hydrogen) atoms. The highest BCUT2D eigenvalue weighted by atomic mass is 16.5. The number of esters is 1. The first-order chi connectivity index (χ1) is 13.3. The van der Waals surface area contributed by atoms with Crippen LogP contribution in [0.3, 0.4) is 0 Å². The predicted octanol–water partition coefficient (Wildman–Crippen LogP) is 2.40. The third-order valence-corrected chi connectivity index (χ3v) is 4.96. The minimum absolute atomic E-state index is 0.124. The van der Waals surface area contributed by atoms with Crippen LogP contribution in [-0.2, 0) is 27.3 Å². The lowest BCUT2D eigenvalue weighted by Crippen LogP contribution is -2.45. The molecule has 0 unspecified atom stereocenters. The molecule has 1 aromatic heterocycles. The predicted molar refractivity (Wildman–Crippen MR) is 105 cm³/mol. The number of urea groups is 1. The smallest absolute Gasteiger partial charge is 0.321 e. The monoisotopic (exact) mass is 392 g/mol. The number of nitrogens with zero attached hydrogens (tertiary/aromatic N) is 2. The summed E-state index contributed by atoms with van der Waals surface area (Å²) in [6.07, 6.45) is 4.72. The van der Waals surface area contributed by atoms with Crippen molar-refractivity contribution in [3.8, 4) is 0 Å². The molecular formula is C20H32N4O4. The molecule has 2 rings (SSSR count). The summed E-state index contributed by atoms with van der Waals surface area (Å²) >= 11 is 0. The highest BCUT2D eigenvalue weighted by Gasteiger charge is 2.19. The van der Waals surface area contributed by atoms with E-state index in [1.54, 1.807) is 0 Å². The van der Waals surface area contributed by atoms with Gasteiger partial charge < -0.3 is 10.1 Å². The van der Waals surface area contributed by atoms with Gasteiger partial charge in [-0.25, -0.2) is 4.79 Å². The van der Waals surface area contributed by atoms with Crippen LogP contribution in [0.2, 0.25) is 0 Å². The molecule has 1 heterocycles. The van der Waals surface area contributed by atoms with Gasteiger partial charge in [-0.1, -0.05) is 26.7 Å². The summed E-state index contributed by atoms with van der Waals surface area (Å²) in [5, 5.41) is 9.48. The minimum Gasteiger partial charge on any atom is -0.456 e. The summed E-state index contributed by atoms with van der Waals surface area (Å²) in [4.78, 5) is 35.4. The van der Waals surface area contributed by atoms with Crippen molar-refractivity contribution in [3.63, 3.8) is 0 Å². The molecular weight excluding hydrogens is 360 g/mol. The number of imide groups is 1. The number of ether oxygens (including phenoxy) is 1. The van der Waals surface area contributed by atoms with E-state index in [-0.39, 0.29) is 12.5 Å². The van der Waals surface area contributed by atoms with E-state index >= 15 is 0 Å². The van der Waals surface area contributed by atoms with Crippen LogP contribution in [0.5, 0.6) is 0 Å². The lowest BCUT2D eigenvalue weighted by molar-refractivity contribution is -0.148. The fourth-order valence-electron chi connectivity index (χ4n) is 3.52. The fraction of sp³-hybridized carbons (Fsp3) is 0.700. The van der Waals surface area contributed by atoms with Crippen LogP contribution in [0.1, 0.15) is 62.9 Å². The van der Waals surface area contributed by atoms with Gasteiger partial charge in [-0.05, 0) is 44.6 Å². The van der Waals surface area contributed by atoms with Crippen LogP contribution in [0.4, 0.5) is 4.79 Å². The second kappa shape index (κ2) is 10.2. The lowest BCUT2D eigenvalue weighted by Gasteiger charge is -2.12. The number of hydrogen-bond acceptors (Lipinski definition) is 5. The molecule has 1 aliphatic rings. The average Bonchev–Trinajstić information content (AvgIpc) is 3.19. The molecule has 3 amide bonds. The van der Waals surface area contributed by atoms with Gasteiger partial charge in [0.1, 0.15) is 0 Å². The molecule has 8 heteroatoms. The molecule has 0 atom stereocenters. The summed E-state index contributed by atoms with van der Waals surface area (Å²) in [6, 6.07) is -0.407. The average molecular weight is 393 g/mol. The normalized spacial score (nSPS) is 14.3. The van der Waals surface area contributed by atoms with Crippen molar-refractivity contribution in [2.45, 2.75) is 78.8 Å². The van der Waals surface area contributed by atoms with E-state index in [9.17, 15) is 14.4 Å². The van der Waals surface area contributed by atoms with Crippen LogP contribution in [-0.4, -0.2) is 40.3 Å². The molecule has 8 nitrogen and oxygen atoms in total. The molecule has 0 radical (unpaired) electrons. The van der Waals surface area contributed by atoms with Crippen molar-refractivity contribution < 1.29 is 19.1 Å². The zero-order valence-electron chi connectivity index (χ0n) is 17.3. The van der Waals surface area contributed by atoms with Crippen LogP contribution in [0, 0.1) is 19.8 Å². The molecule has 1 aliphatic carbocycles. The first kappa shape index (κ1) is 21.9. The number of aromatic nitrogens is 2. The molecule has 0 saturated heterocycles. The Bertz CT molecular complexity index is 705. The van der Waals surface area contributed by atoms with E-state index in [0.29, 0.717) is 12.3 Å². The Morgan fingerprint density at radius 1 is 1.21 bits per heavy atom. The zero-order valence-corrected chi connectivity index (χ0v) is 17.3. The number of rotatable bonds is 8. The van der Waals surface area contributed by atoms with Crippen LogP contribution in [0.25, 0.3) is 0 Å². The first-order valence-electron chi connectivity index (χ1n) is 10.0. The summed E-state index contributed by atoms with van der Waals surface area (Å²) in [7, 11) is 0. The molecule has 0 bridgehead atoms. The largest absolute Gasteiger partial charge is 0.456 e. The molecule has 1 aromatic rings. The maximum absolute atomic E-state index is 12.0. The Morgan fingerprint density at radius 3 is 2.54 bits per heavy atom. The number of amides is 3. The summed E-state index contributed by atoms with van der Waals surface area (Å²) in [6.45, 7) is 8.57. The van der Waals surface area contributed by atoms with Crippen LogP contribution < -0.4 is 10.6 Å². The molecule has 2 N–H and O–H groups in total. The number of carbonyl (C=O) groups excluding carboxylic acids is 3. The van der Waals surface area contributed by atoms with Crippen molar-refractivity contribution in [2.24, 2.45) is 5.92 Å². The van der Waals surface area contributed by atoms with E-state index in [1.807, 2.05) is 18.5 Å². The van der Waals surface area contributed by atoms with Crippen molar-refractivity contribution in [2.75, 3.05) is 6.61 Å². The SMILES string of the molecule is Cc1nn(CC(C)C)c(C)c1CCC(=O)OCC(=O)NC(=O)NC1CCCC1. The number of nitrogens with one attached hydrogen (secondary N) is 2. The van der Waals surface area contributed by atoms with Crippen molar-refractivity contribution in [3.05, 3.63) is 17.0 Å². The third kappa shape index (κ3) is 6.65. The van der Waals surface area contributed by atoms with E-state index in [0.717, 1.165) is 49.2 Å². The Hall–Kier alpha value is -2.38. The van der Waals surface area contributed by atoms with Crippen molar-refractivity contribution in [1.82, 2.24) is 20.4 Å². The fourth-order valence-corrected chi connectivity index (χ4v) is 3.52. The van der Waals surface area contributed by atoms with Gasteiger partial charge in [-0.3, -0.25) is 19.6 Å². The number of carbonyl (C=O) groups is 3. The number of hydrogen-bond donors (Lipinski definition) is 2. The Labute approximate surface area is 166 Å². The molecule has 0 aliphatic heterocycles. The van der Waals surface area contributed by atoms with E-state index < -0.39 is 24.5 Å². The number of aryl methyl sites for hydroxylation is 1. The van der Waals surface area contributed by atoms with Crippen molar-refractivity contribution >= 4 is 17.9 Å². The summed E-state index contributed by atoms with van der Waals surface area (Å²) < 4.78 is 6.96. The molecule has 0 spiro atoms. The summed E-state index contributed by atoms with van der Waals surface area (Å²) in [5.74, 6) is -0.608. The van der Waals surface area contributed by atoms with Crippen LogP contribution >= 0.6 is 0 Å². The quantitative estimate of drug-likeness (QED) is 0.662. The molecule has 1 fully saturated rings. The zero-order chi connectivity index (χ0) is 20.7. The lowest BCUT2D eigenvalue weighted by atomic mass is 10.1. The minimum atomic E-state index is -0.624. The van der Waals surface area contributed by atoms with Gasteiger partial charge in [0.2, 0.25) is 0 Å². The third-order valence-electron chi connectivity index (χ3n) is 4.96. The van der Waals surface area contributed by atoms with Gasteiger partial charge in [-0.2, -0.15) is 5.10 Å². The van der Waals surface area contributed by atoms with Gasteiger partial charge in [0.05, 0.1) is 5.69 Å².